The highest BCUT2D eigenvalue weighted by molar-refractivity contribution is 5.36. The molecule has 2 nitrogen and oxygen atoms in total. The van der Waals surface area contributed by atoms with Gasteiger partial charge in [-0.25, -0.2) is 0 Å². The molecule has 90 valence electrons. The van der Waals surface area contributed by atoms with Crippen molar-refractivity contribution in [1.29, 1.82) is 0 Å². The molecule has 0 spiro atoms. The minimum Gasteiger partial charge on any atom is -0.491 e. The predicted octanol–water partition coefficient (Wildman–Crippen LogP) is 3.52. The highest BCUT2D eigenvalue weighted by Crippen LogP contribution is 2.30. The highest BCUT2D eigenvalue weighted by Gasteiger charge is 2.17. The van der Waals surface area contributed by atoms with Gasteiger partial charge in [-0.2, -0.15) is 0 Å². The monoisotopic (exact) mass is 221 g/mol. The summed E-state index contributed by atoms with van der Waals surface area (Å²) in [5, 5.41) is 0. The number of ether oxygens (including phenoxy) is 1. The Morgan fingerprint density at radius 2 is 1.81 bits per heavy atom. The molecule has 0 bridgehead atoms. The van der Waals surface area contributed by atoms with Gasteiger partial charge in [-0.15, -0.1) is 0 Å². The maximum Gasteiger partial charge on any atom is 0.124 e. The Balaban J connectivity index is 2.93. The first-order valence-electron chi connectivity index (χ1n) is 6.07. The molecular weight excluding hydrogens is 198 g/mol. The van der Waals surface area contributed by atoms with Gasteiger partial charge in [0.05, 0.1) is 6.10 Å². The first kappa shape index (κ1) is 13.0. The smallest absolute Gasteiger partial charge is 0.124 e. The zero-order valence-electron chi connectivity index (χ0n) is 10.7. The third-order valence-corrected chi connectivity index (χ3v) is 2.90. The van der Waals surface area contributed by atoms with Gasteiger partial charge in [-0.3, -0.25) is 0 Å². The van der Waals surface area contributed by atoms with Crippen LogP contribution in [0.2, 0.25) is 0 Å². The largest absolute Gasteiger partial charge is 0.491 e. The number of nitrogens with two attached hydrogens (primary N) is 1. The minimum atomic E-state index is 0.0555. The second-order valence-corrected chi connectivity index (χ2v) is 4.62. The van der Waals surface area contributed by atoms with Gasteiger partial charge in [-0.05, 0) is 25.8 Å². The van der Waals surface area contributed by atoms with Gasteiger partial charge in [0.2, 0.25) is 0 Å². The van der Waals surface area contributed by atoms with Crippen LogP contribution in [0.3, 0.4) is 0 Å². The summed E-state index contributed by atoms with van der Waals surface area (Å²) in [5.74, 6) is 1.39. The van der Waals surface area contributed by atoms with Crippen molar-refractivity contribution >= 4 is 0 Å². The van der Waals surface area contributed by atoms with E-state index in [1.807, 2.05) is 32.0 Å². The summed E-state index contributed by atoms with van der Waals surface area (Å²) in [5.41, 5.74) is 7.36. The van der Waals surface area contributed by atoms with Crippen molar-refractivity contribution in [1.82, 2.24) is 0 Å². The SMILES string of the molecule is CCC(C)[C@@H](N)c1ccccc1OC(C)C. The number of hydrogen-bond acceptors (Lipinski definition) is 2. The second kappa shape index (κ2) is 5.90. The molecule has 1 aromatic carbocycles. The van der Waals surface area contributed by atoms with Crippen molar-refractivity contribution in [2.45, 2.75) is 46.3 Å². The molecule has 0 saturated heterocycles. The lowest BCUT2D eigenvalue weighted by Gasteiger charge is -2.22. The molecule has 0 aliphatic heterocycles. The van der Waals surface area contributed by atoms with Crippen LogP contribution in [0.4, 0.5) is 0 Å². The molecule has 0 radical (unpaired) electrons. The van der Waals surface area contributed by atoms with Crippen molar-refractivity contribution in [3.05, 3.63) is 29.8 Å². The van der Waals surface area contributed by atoms with Gasteiger partial charge in [-0.1, -0.05) is 38.5 Å². The van der Waals surface area contributed by atoms with Crippen molar-refractivity contribution in [2.24, 2.45) is 11.7 Å². The molecule has 1 unspecified atom stereocenters. The Bertz CT molecular complexity index is 322. The number of benzene rings is 1. The lowest BCUT2D eigenvalue weighted by atomic mass is 9.93. The summed E-state index contributed by atoms with van der Waals surface area (Å²) >= 11 is 0. The molecule has 16 heavy (non-hydrogen) atoms. The van der Waals surface area contributed by atoms with E-state index in [0.29, 0.717) is 5.92 Å². The van der Waals surface area contributed by atoms with Crippen LogP contribution in [0.1, 0.15) is 45.7 Å². The van der Waals surface area contributed by atoms with Crippen LogP contribution in [0, 0.1) is 5.92 Å². The van der Waals surface area contributed by atoms with Crippen LogP contribution < -0.4 is 10.5 Å². The molecule has 0 aliphatic rings. The van der Waals surface area contributed by atoms with Crippen LogP contribution in [-0.2, 0) is 0 Å². The third kappa shape index (κ3) is 3.24. The van der Waals surface area contributed by atoms with Crippen LogP contribution in [-0.4, -0.2) is 6.10 Å². The van der Waals surface area contributed by atoms with Crippen molar-refractivity contribution < 1.29 is 4.74 Å². The van der Waals surface area contributed by atoms with Gasteiger partial charge in [0.1, 0.15) is 5.75 Å². The minimum absolute atomic E-state index is 0.0555. The number of rotatable bonds is 5. The Kier molecular flexibility index (Phi) is 4.81. The van der Waals surface area contributed by atoms with Crippen molar-refractivity contribution in [2.75, 3.05) is 0 Å². The topological polar surface area (TPSA) is 35.2 Å². The van der Waals surface area contributed by atoms with E-state index in [0.717, 1.165) is 17.7 Å². The summed E-state index contributed by atoms with van der Waals surface area (Å²) in [6.07, 6.45) is 1.27. The maximum atomic E-state index is 6.25. The van der Waals surface area contributed by atoms with E-state index in [9.17, 15) is 0 Å². The lowest BCUT2D eigenvalue weighted by molar-refractivity contribution is 0.236. The lowest BCUT2D eigenvalue weighted by Crippen LogP contribution is -2.20. The highest BCUT2D eigenvalue weighted by atomic mass is 16.5. The third-order valence-electron chi connectivity index (χ3n) is 2.90. The average Bonchev–Trinajstić information content (AvgIpc) is 2.27. The van der Waals surface area contributed by atoms with Gasteiger partial charge in [0, 0.05) is 11.6 Å². The Morgan fingerprint density at radius 1 is 1.19 bits per heavy atom. The van der Waals surface area contributed by atoms with Crippen LogP contribution in [0.15, 0.2) is 24.3 Å². The van der Waals surface area contributed by atoms with E-state index < -0.39 is 0 Å². The molecule has 1 rings (SSSR count). The van der Waals surface area contributed by atoms with E-state index in [2.05, 4.69) is 19.9 Å². The Hall–Kier alpha value is -1.02. The summed E-state index contributed by atoms with van der Waals surface area (Å²) < 4.78 is 5.78. The van der Waals surface area contributed by atoms with Crippen LogP contribution in [0.5, 0.6) is 5.75 Å². The molecule has 0 saturated carbocycles. The zero-order chi connectivity index (χ0) is 12.1. The first-order chi connectivity index (χ1) is 7.56. The summed E-state index contributed by atoms with van der Waals surface area (Å²) in [6, 6.07) is 8.13. The normalized spacial score (nSPS) is 14.9. The van der Waals surface area contributed by atoms with Crippen molar-refractivity contribution in [3.8, 4) is 5.75 Å². The molecule has 2 heteroatoms. The zero-order valence-corrected chi connectivity index (χ0v) is 10.7. The van der Waals surface area contributed by atoms with E-state index in [1.165, 1.54) is 0 Å². The van der Waals surface area contributed by atoms with Crippen LogP contribution >= 0.6 is 0 Å². The van der Waals surface area contributed by atoms with Crippen molar-refractivity contribution in [3.63, 3.8) is 0 Å². The van der Waals surface area contributed by atoms with Crippen LogP contribution in [0.25, 0.3) is 0 Å². The fourth-order valence-corrected chi connectivity index (χ4v) is 1.68. The molecular formula is C14H23NO. The Morgan fingerprint density at radius 3 is 2.38 bits per heavy atom. The second-order valence-electron chi connectivity index (χ2n) is 4.62. The summed E-state index contributed by atoms with van der Waals surface area (Å²) in [6.45, 7) is 8.41. The molecule has 1 aromatic rings. The molecule has 2 atom stereocenters. The molecule has 0 aliphatic carbocycles. The number of para-hydroxylation sites is 1. The van der Waals surface area contributed by atoms with E-state index in [1.54, 1.807) is 0 Å². The molecule has 0 fully saturated rings. The summed E-state index contributed by atoms with van der Waals surface area (Å²) in [7, 11) is 0. The quantitative estimate of drug-likeness (QED) is 0.825. The predicted molar refractivity (Wildman–Crippen MR) is 68.6 cm³/mol. The maximum absolute atomic E-state index is 6.25. The van der Waals surface area contributed by atoms with E-state index in [4.69, 9.17) is 10.5 Å². The van der Waals surface area contributed by atoms with E-state index >= 15 is 0 Å². The average molecular weight is 221 g/mol. The van der Waals surface area contributed by atoms with Gasteiger partial charge >= 0.3 is 0 Å². The fraction of sp³-hybridized carbons (Fsp3) is 0.571. The molecule has 0 aromatic heterocycles. The number of hydrogen-bond donors (Lipinski definition) is 1. The summed E-state index contributed by atoms with van der Waals surface area (Å²) in [4.78, 5) is 0. The molecule has 0 heterocycles. The fourth-order valence-electron chi connectivity index (χ4n) is 1.68. The van der Waals surface area contributed by atoms with Gasteiger partial charge < -0.3 is 10.5 Å². The van der Waals surface area contributed by atoms with E-state index in [-0.39, 0.29) is 12.1 Å². The molecule has 2 N–H and O–H groups in total. The standard InChI is InChI=1S/C14H23NO/c1-5-11(4)14(15)12-8-6-7-9-13(12)16-10(2)3/h6-11,14H,5,15H2,1-4H3/t11?,14-/m1/s1. The first-order valence-corrected chi connectivity index (χ1v) is 6.07. The van der Waals surface area contributed by atoms with Gasteiger partial charge in [0.25, 0.3) is 0 Å². The van der Waals surface area contributed by atoms with Gasteiger partial charge in [0.15, 0.2) is 0 Å². The molecule has 0 amide bonds. The Labute approximate surface area is 98.8 Å².